The molecular formula is C28H35N5O8. The summed E-state index contributed by atoms with van der Waals surface area (Å²) in [5.41, 5.74) is 12.6. The number of aliphatic carboxylic acids is 2. The Morgan fingerprint density at radius 1 is 0.634 bits per heavy atom. The smallest absolute Gasteiger partial charge is 0.326 e. The summed E-state index contributed by atoms with van der Waals surface area (Å²) in [5, 5.41) is 26.0. The summed E-state index contributed by atoms with van der Waals surface area (Å²) < 4.78 is 0. The van der Waals surface area contributed by atoms with E-state index in [9.17, 15) is 33.9 Å². The van der Waals surface area contributed by atoms with Crippen molar-refractivity contribution in [1.29, 1.82) is 0 Å². The standard InChI is InChI=1S/C28H35N5O8/c29-19(15-17-7-3-1-4-8-17)25(37)31-21(12-14-24(35)36)26(38)32-20(11-13-23(30)34)27(39)33-22(28(40)41)16-18-9-5-2-6-10-18/h1-10,19-22H,11-16,29H2,(H2,30,34)(H,31,37)(H,32,38)(H,33,39)(H,35,36)(H,40,41). The van der Waals surface area contributed by atoms with Crippen molar-refractivity contribution in [1.82, 2.24) is 16.0 Å². The van der Waals surface area contributed by atoms with E-state index in [0.29, 0.717) is 5.56 Å². The molecule has 220 valence electrons. The maximum atomic E-state index is 13.2. The minimum atomic E-state index is -1.41. The van der Waals surface area contributed by atoms with Crippen LogP contribution in [0.2, 0.25) is 0 Å². The fourth-order valence-corrected chi connectivity index (χ4v) is 3.93. The summed E-state index contributed by atoms with van der Waals surface area (Å²) in [6.07, 6.45) is -1.28. The Labute approximate surface area is 236 Å². The van der Waals surface area contributed by atoms with Crippen LogP contribution in [0.3, 0.4) is 0 Å². The maximum Gasteiger partial charge on any atom is 0.326 e. The quantitative estimate of drug-likeness (QED) is 0.130. The van der Waals surface area contributed by atoms with E-state index < -0.39 is 66.2 Å². The number of hydrogen-bond donors (Lipinski definition) is 7. The fourth-order valence-electron chi connectivity index (χ4n) is 3.93. The Balaban J connectivity index is 2.16. The molecule has 13 nitrogen and oxygen atoms in total. The minimum Gasteiger partial charge on any atom is -0.481 e. The van der Waals surface area contributed by atoms with Crippen molar-refractivity contribution in [2.45, 2.75) is 62.7 Å². The van der Waals surface area contributed by atoms with Crippen molar-refractivity contribution in [3.63, 3.8) is 0 Å². The lowest BCUT2D eigenvalue weighted by atomic mass is 10.0. The first-order valence-electron chi connectivity index (χ1n) is 12.9. The SMILES string of the molecule is NC(=O)CCC(NC(=O)C(CCC(=O)O)NC(=O)C(N)Cc1ccccc1)C(=O)NC(Cc1ccccc1)C(=O)O. The molecule has 4 atom stereocenters. The molecule has 0 bridgehead atoms. The number of primary amides is 1. The van der Waals surface area contributed by atoms with Crippen LogP contribution in [-0.2, 0) is 41.6 Å². The van der Waals surface area contributed by atoms with Crippen molar-refractivity contribution in [3.05, 3.63) is 71.8 Å². The third-order valence-electron chi connectivity index (χ3n) is 6.12. The molecule has 2 rings (SSSR count). The third kappa shape index (κ3) is 11.9. The molecule has 0 radical (unpaired) electrons. The molecule has 41 heavy (non-hydrogen) atoms. The summed E-state index contributed by atoms with van der Waals surface area (Å²) in [5.74, 6) is -5.83. The highest BCUT2D eigenvalue weighted by Crippen LogP contribution is 2.08. The predicted octanol–water partition coefficient (Wildman–Crippen LogP) is -0.532. The van der Waals surface area contributed by atoms with Gasteiger partial charge in [0.2, 0.25) is 23.6 Å². The molecule has 0 heterocycles. The highest BCUT2D eigenvalue weighted by Gasteiger charge is 2.31. The van der Waals surface area contributed by atoms with Gasteiger partial charge in [-0.3, -0.25) is 24.0 Å². The number of benzene rings is 2. The van der Waals surface area contributed by atoms with Crippen molar-refractivity contribution in [2.24, 2.45) is 11.5 Å². The number of carboxylic acids is 2. The van der Waals surface area contributed by atoms with Gasteiger partial charge in [0.25, 0.3) is 0 Å². The molecule has 4 amide bonds. The van der Waals surface area contributed by atoms with E-state index in [-0.39, 0.29) is 32.1 Å². The Bertz CT molecular complexity index is 1210. The second kappa shape index (κ2) is 16.4. The molecule has 0 spiro atoms. The highest BCUT2D eigenvalue weighted by atomic mass is 16.4. The molecule has 0 aliphatic heterocycles. The predicted molar refractivity (Wildman–Crippen MR) is 147 cm³/mol. The zero-order valence-electron chi connectivity index (χ0n) is 22.3. The van der Waals surface area contributed by atoms with E-state index in [2.05, 4.69) is 16.0 Å². The second-order valence-electron chi connectivity index (χ2n) is 9.45. The van der Waals surface area contributed by atoms with Crippen molar-refractivity contribution in [3.8, 4) is 0 Å². The van der Waals surface area contributed by atoms with Gasteiger partial charge in [0.15, 0.2) is 0 Å². The van der Waals surface area contributed by atoms with Crippen LogP contribution in [0.1, 0.15) is 36.8 Å². The van der Waals surface area contributed by atoms with Gasteiger partial charge in [-0.25, -0.2) is 4.79 Å². The van der Waals surface area contributed by atoms with Gasteiger partial charge >= 0.3 is 11.9 Å². The van der Waals surface area contributed by atoms with Gasteiger partial charge in [-0.05, 0) is 30.4 Å². The number of carboxylic acid groups (broad SMARTS) is 2. The molecule has 9 N–H and O–H groups in total. The van der Waals surface area contributed by atoms with Crippen LogP contribution < -0.4 is 27.4 Å². The molecule has 4 unspecified atom stereocenters. The van der Waals surface area contributed by atoms with E-state index in [1.807, 2.05) is 0 Å². The summed E-state index contributed by atoms with van der Waals surface area (Å²) in [4.78, 5) is 73.4. The lowest BCUT2D eigenvalue weighted by Crippen LogP contribution is -2.57. The van der Waals surface area contributed by atoms with Crippen molar-refractivity contribution in [2.75, 3.05) is 0 Å². The van der Waals surface area contributed by atoms with Gasteiger partial charge in [-0.2, -0.15) is 0 Å². The number of nitrogens with one attached hydrogen (secondary N) is 3. The number of rotatable bonds is 17. The first-order chi connectivity index (χ1) is 19.5. The van der Waals surface area contributed by atoms with Gasteiger partial charge in [0.05, 0.1) is 6.04 Å². The number of carbonyl (C=O) groups is 6. The van der Waals surface area contributed by atoms with Crippen LogP contribution in [0.5, 0.6) is 0 Å². The van der Waals surface area contributed by atoms with Crippen LogP contribution in [0, 0.1) is 0 Å². The summed E-state index contributed by atoms with van der Waals surface area (Å²) in [6, 6.07) is 12.2. The van der Waals surface area contributed by atoms with Crippen LogP contribution in [0.15, 0.2) is 60.7 Å². The lowest BCUT2D eigenvalue weighted by molar-refractivity contribution is -0.142. The number of carbonyl (C=O) groups excluding carboxylic acids is 4. The van der Waals surface area contributed by atoms with Crippen LogP contribution in [0.4, 0.5) is 0 Å². The first kappa shape index (κ1) is 32.4. The summed E-state index contributed by atoms with van der Waals surface area (Å²) in [6.45, 7) is 0. The highest BCUT2D eigenvalue weighted by molar-refractivity contribution is 5.94. The number of hydrogen-bond acceptors (Lipinski definition) is 7. The lowest BCUT2D eigenvalue weighted by Gasteiger charge is -2.25. The molecule has 0 saturated heterocycles. The first-order valence-corrected chi connectivity index (χ1v) is 12.9. The van der Waals surface area contributed by atoms with Crippen LogP contribution in [0.25, 0.3) is 0 Å². The van der Waals surface area contributed by atoms with Gasteiger partial charge in [-0.15, -0.1) is 0 Å². The summed E-state index contributed by atoms with van der Waals surface area (Å²) in [7, 11) is 0. The number of amides is 4. The maximum absolute atomic E-state index is 13.2. The van der Waals surface area contributed by atoms with Crippen LogP contribution in [-0.4, -0.2) is 69.9 Å². The van der Waals surface area contributed by atoms with E-state index >= 15 is 0 Å². The summed E-state index contributed by atoms with van der Waals surface area (Å²) >= 11 is 0. The minimum absolute atomic E-state index is 0.0466. The monoisotopic (exact) mass is 569 g/mol. The molecule has 2 aromatic rings. The van der Waals surface area contributed by atoms with E-state index in [1.54, 1.807) is 60.7 Å². The average Bonchev–Trinajstić information content (AvgIpc) is 2.93. The van der Waals surface area contributed by atoms with Crippen LogP contribution >= 0.6 is 0 Å². The molecule has 0 aromatic heterocycles. The largest absolute Gasteiger partial charge is 0.481 e. The molecule has 2 aromatic carbocycles. The number of nitrogens with two attached hydrogens (primary N) is 2. The zero-order chi connectivity index (χ0) is 30.4. The van der Waals surface area contributed by atoms with Gasteiger partial charge in [-0.1, -0.05) is 60.7 Å². The Morgan fingerprint density at radius 2 is 1.07 bits per heavy atom. The van der Waals surface area contributed by atoms with Gasteiger partial charge in [0, 0.05) is 19.3 Å². The molecule has 0 aliphatic carbocycles. The second-order valence-corrected chi connectivity index (χ2v) is 9.45. The molecule has 0 fully saturated rings. The Kier molecular flexibility index (Phi) is 12.9. The van der Waals surface area contributed by atoms with Crippen molar-refractivity contribution >= 4 is 35.6 Å². The van der Waals surface area contributed by atoms with Gasteiger partial charge in [0.1, 0.15) is 18.1 Å². The zero-order valence-corrected chi connectivity index (χ0v) is 22.3. The average molecular weight is 570 g/mol. The molecule has 13 heteroatoms. The normalized spacial score (nSPS) is 13.6. The van der Waals surface area contributed by atoms with E-state index in [0.717, 1.165) is 5.56 Å². The Morgan fingerprint density at radius 3 is 1.54 bits per heavy atom. The van der Waals surface area contributed by atoms with Gasteiger partial charge < -0.3 is 37.6 Å². The molecular weight excluding hydrogens is 534 g/mol. The van der Waals surface area contributed by atoms with E-state index in [4.69, 9.17) is 16.6 Å². The Hall–Kier alpha value is -4.78. The fraction of sp³-hybridized carbons (Fsp3) is 0.357. The van der Waals surface area contributed by atoms with E-state index in [1.165, 1.54) is 0 Å². The third-order valence-corrected chi connectivity index (χ3v) is 6.12. The molecule has 0 aliphatic rings. The van der Waals surface area contributed by atoms with Crippen molar-refractivity contribution < 1.29 is 39.0 Å². The topological polar surface area (TPSA) is 231 Å². The molecule has 0 saturated carbocycles.